The van der Waals surface area contributed by atoms with Crippen LogP contribution in [-0.4, -0.2) is 17.3 Å². The Labute approximate surface area is 143 Å². The van der Waals surface area contributed by atoms with Gasteiger partial charge < -0.3 is 4.74 Å². The van der Waals surface area contributed by atoms with Crippen LogP contribution in [0.25, 0.3) is 11.3 Å². The van der Waals surface area contributed by atoms with Crippen LogP contribution < -0.4 is 4.74 Å². The van der Waals surface area contributed by atoms with Crippen molar-refractivity contribution >= 4 is 0 Å². The molecule has 2 aromatic rings. The molecule has 0 N–H and O–H groups in total. The van der Waals surface area contributed by atoms with Gasteiger partial charge in [-0.1, -0.05) is 38.7 Å². The second-order valence-electron chi connectivity index (χ2n) is 6.94. The van der Waals surface area contributed by atoms with Crippen LogP contribution in [0.5, 0.6) is 5.88 Å². The van der Waals surface area contributed by atoms with Crippen LogP contribution in [0, 0.1) is 17.7 Å². The lowest BCUT2D eigenvalue weighted by Crippen LogP contribution is -2.12. The van der Waals surface area contributed by atoms with E-state index in [0.717, 1.165) is 30.2 Å². The molecular weight excluding hydrogens is 303 g/mol. The highest BCUT2D eigenvalue weighted by molar-refractivity contribution is 5.60. The van der Waals surface area contributed by atoms with Crippen molar-refractivity contribution in [1.82, 2.24) is 10.2 Å². The zero-order chi connectivity index (χ0) is 16.9. The third kappa shape index (κ3) is 4.11. The fourth-order valence-corrected chi connectivity index (χ4v) is 3.48. The molecule has 0 unspecified atom stereocenters. The summed E-state index contributed by atoms with van der Waals surface area (Å²) in [6.45, 7) is 2.34. The van der Waals surface area contributed by atoms with Crippen LogP contribution in [0.4, 0.5) is 4.39 Å². The molecule has 3 rings (SSSR count). The Kier molecular flexibility index (Phi) is 5.44. The number of methoxy groups -OCH3 is 1. The quantitative estimate of drug-likeness (QED) is 0.770. The van der Waals surface area contributed by atoms with Crippen molar-refractivity contribution in [1.29, 1.82) is 0 Å². The van der Waals surface area contributed by atoms with Crippen LogP contribution in [-0.2, 0) is 6.42 Å². The van der Waals surface area contributed by atoms with E-state index in [0.29, 0.717) is 17.1 Å². The standard InChI is InChI=1S/C20H25FN2O/c1-14-3-5-15(6-4-14)7-8-16-9-10-17(18(21)13-16)19-11-12-20(24-2)23-22-19/h9-15H,3-8H2,1-2H3. The molecule has 0 bridgehead atoms. The van der Waals surface area contributed by atoms with Crippen molar-refractivity contribution in [2.45, 2.75) is 45.4 Å². The molecule has 0 amide bonds. The number of halogens is 1. The first kappa shape index (κ1) is 16.9. The number of hydrogen-bond donors (Lipinski definition) is 0. The Morgan fingerprint density at radius 3 is 2.50 bits per heavy atom. The van der Waals surface area contributed by atoms with Crippen LogP contribution in [0.15, 0.2) is 30.3 Å². The molecule has 1 aliphatic carbocycles. The fraction of sp³-hybridized carbons (Fsp3) is 0.500. The lowest BCUT2D eigenvalue weighted by molar-refractivity contribution is 0.277. The number of ether oxygens (including phenoxy) is 1. The molecule has 1 aromatic carbocycles. The van der Waals surface area contributed by atoms with Crippen molar-refractivity contribution in [2.75, 3.05) is 7.11 Å². The zero-order valence-corrected chi connectivity index (χ0v) is 14.5. The first-order chi connectivity index (χ1) is 11.7. The first-order valence-corrected chi connectivity index (χ1v) is 8.82. The number of rotatable bonds is 5. The number of aromatic nitrogens is 2. The summed E-state index contributed by atoms with van der Waals surface area (Å²) in [4.78, 5) is 0. The summed E-state index contributed by atoms with van der Waals surface area (Å²) >= 11 is 0. The molecule has 0 saturated heterocycles. The second kappa shape index (κ2) is 7.73. The number of aryl methyl sites for hydroxylation is 1. The van der Waals surface area contributed by atoms with Crippen LogP contribution in [0.1, 0.15) is 44.6 Å². The molecule has 0 radical (unpaired) electrons. The molecule has 4 heteroatoms. The van der Waals surface area contributed by atoms with Crippen molar-refractivity contribution in [3.05, 3.63) is 41.7 Å². The summed E-state index contributed by atoms with van der Waals surface area (Å²) in [5.41, 5.74) is 2.08. The van der Waals surface area contributed by atoms with Gasteiger partial charge in [-0.05, 0) is 48.4 Å². The number of benzene rings is 1. The van der Waals surface area contributed by atoms with Crippen molar-refractivity contribution in [3.63, 3.8) is 0 Å². The van der Waals surface area contributed by atoms with Gasteiger partial charge in [0.1, 0.15) is 5.82 Å². The molecule has 3 nitrogen and oxygen atoms in total. The van der Waals surface area contributed by atoms with E-state index in [-0.39, 0.29) is 5.82 Å². The van der Waals surface area contributed by atoms with Gasteiger partial charge in [-0.25, -0.2) is 4.39 Å². The highest BCUT2D eigenvalue weighted by Gasteiger charge is 2.18. The van der Waals surface area contributed by atoms with Gasteiger partial charge in [0, 0.05) is 11.6 Å². The highest BCUT2D eigenvalue weighted by atomic mass is 19.1. The molecule has 1 saturated carbocycles. The lowest BCUT2D eigenvalue weighted by Gasteiger charge is -2.26. The molecule has 128 valence electrons. The van der Waals surface area contributed by atoms with Gasteiger partial charge in [-0.15, -0.1) is 10.2 Å². The zero-order valence-electron chi connectivity index (χ0n) is 14.5. The molecule has 24 heavy (non-hydrogen) atoms. The van der Waals surface area contributed by atoms with E-state index in [1.165, 1.54) is 32.8 Å². The lowest BCUT2D eigenvalue weighted by atomic mass is 9.80. The van der Waals surface area contributed by atoms with Crippen molar-refractivity contribution in [3.8, 4) is 17.1 Å². The molecule has 0 atom stereocenters. The molecule has 1 aliphatic rings. The van der Waals surface area contributed by atoms with E-state index in [1.807, 2.05) is 12.1 Å². The van der Waals surface area contributed by atoms with Crippen LogP contribution >= 0.6 is 0 Å². The van der Waals surface area contributed by atoms with Gasteiger partial charge in [0.2, 0.25) is 5.88 Å². The van der Waals surface area contributed by atoms with Gasteiger partial charge in [0.15, 0.2) is 0 Å². The Bertz CT molecular complexity index is 664. The predicted molar refractivity (Wildman–Crippen MR) is 93.4 cm³/mol. The summed E-state index contributed by atoms with van der Waals surface area (Å²) in [5.74, 6) is 1.88. The largest absolute Gasteiger partial charge is 0.480 e. The monoisotopic (exact) mass is 328 g/mol. The second-order valence-corrected chi connectivity index (χ2v) is 6.94. The normalized spacial score (nSPS) is 20.8. The minimum atomic E-state index is -0.232. The van der Waals surface area contributed by atoms with E-state index in [1.54, 1.807) is 18.2 Å². The topological polar surface area (TPSA) is 35.0 Å². The van der Waals surface area contributed by atoms with Crippen LogP contribution in [0.3, 0.4) is 0 Å². The van der Waals surface area contributed by atoms with Gasteiger partial charge in [0.05, 0.1) is 12.8 Å². The number of hydrogen-bond acceptors (Lipinski definition) is 3. The summed E-state index contributed by atoms with van der Waals surface area (Å²) in [7, 11) is 1.53. The molecular formula is C20H25FN2O. The average molecular weight is 328 g/mol. The third-order valence-electron chi connectivity index (χ3n) is 5.14. The molecule has 1 fully saturated rings. The maximum Gasteiger partial charge on any atom is 0.233 e. The summed E-state index contributed by atoms with van der Waals surface area (Å²) < 4.78 is 19.4. The summed E-state index contributed by atoms with van der Waals surface area (Å²) in [6.07, 6.45) is 7.44. The summed E-state index contributed by atoms with van der Waals surface area (Å²) in [6, 6.07) is 8.89. The Balaban J connectivity index is 1.63. The van der Waals surface area contributed by atoms with Gasteiger partial charge >= 0.3 is 0 Å². The minimum absolute atomic E-state index is 0.232. The first-order valence-electron chi connectivity index (χ1n) is 8.82. The minimum Gasteiger partial charge on any atom is -0.480 e. The molecule has 1 heterocycles. The van der Waals surface area contributed by atoms with Crippen molar-refractivity contribution < 1.29 is 9.13 Å². The highest BCUT2D eigenvalue weighted by Crippen LogP contribution is 2.31. The van der Waals surface area contributed by atoms with Gasteiger partial charge in [-0.2, -0.15) is 0 Å². The third-order valence-corrected chi connectivity index (χ3v) is 5.14. The van der Waals surface area contributed by atoms with Gasteiger partial charge in [0.25, 0.3) is 0 Å². The van der Waals surface area contributed by atoms with Gasteiger partial charge in [-0.3, -0.25) is 0 Å². The smallest absolute Gasteiger partial charge is 0.233 e. The van der Waals surface area contributed by atoms with Crippen LogP contribution in [0.2, 0.25) is 0 Å². The Morgan fingerprint density at radius 1 is 1.08 bits per heavy atom. The maximum atomic E-state index is 14.4. The van der Waals surface area contributed by atoms with E-state index >= 15 is 0 Å². The van der Waals surface area contributed by atoms with E-state index in [4.69, 9.17) is 4.74 Å². The molecule has 0 spiro atoms. The fourth-order valence-electron chi connectivity index (χ4n) is 3.48. The molecule has 0 aliphatic heterocycles. The van der Waals surface area contributed by atoms with Crippen molar-refractivity contribution in [2.24, 2.45) is 11.8 Å². The van der Waals surface area contributed by atoms with E-state index in [9.17, 15) is 4.39 Å². The SMILES string of the molecule is COc1ccc(-c2ccc(CCC3CCC(C)CC3)cc2F)nn1. The van der Waals surface area contributed by atoms with E-state index < -0.39 is 0 Å². The Morgan fingerprint density at radius 2 is 1.88 bits per heavy atom. The Hall–Kier alpha value is -1.97. The van der Waals surface area contributed by atoms with E-state index in [2.05, 4.69) is 17.1 Å². The average Bonchev–Trinajstić information content (AvgIpc) is 2.61. The maximum absolute atomic E-state index is 14.4. The number of nitrogens with zero attached hydrogens (tertiary/aromatic N) is 2. The molecule has 1 aromatic heterocycles. The summed E-state index contributed by atoms with van der Waals surface area (Å²) in [5, 5.41) is 7.92. The predicted octanol–water partition coefficient (Wildman–Crippen LogP) is 5.05.